The number of carbonyl (C=O) groups excluding carboxylic acids is 2. The third-order valence-corrected chi connectivity index (χ3v) is 7.43. The minimum atomic E-state index is -4.09. The van der Waals surface area contributed by atoms with Gasteiger partial charge in [0.15, 0.2) is 0 Å². The summed E-state index contributed by atoms with van der Waals surface area (Å²) in [5.74, 6) is -0.440. The van der Waals surface area contributed by atoms with Gasteiger partial charge in [0.25, 0.3) is 5.91 Å². The summed E-state index contributed by atoms with van der Waals surface area (Å²) in [5, 5.41) is 0. The first-order valence-electron chi connectivity index (χ1n) is 10.9. The number of ether oxygens (including phenoxy) is 1. The van der Waals surface area contributed by atoms with E-state index in [0.29, 0.717) is 23.6 Å². The highest BCUT2D eigenvalue weighted by atomic mass is 32.2. The van der Waals surface area contributed by atoms with Crippen LogP contribution in [0.3, 0.4) is 0 Å². The molecule has 0 radical (unpaired) electrons. The van der Waals surface area contributed by atoms with Crippen molar-refractivity contribution in [1.29, 1.82) is 0 Å². The number of sulfonamides is 1. The summed E-state index contributed by atoms with van der Waals surface area (Å²) in [6, 6.07) is 15.2. The van der Waals surface area contributed by atoms with Crippen molar-refractivity contribution in [1.82, 2.24) is 9.29 Å². The molecule has 1 aromatic heterocycles. The Labute approximate surface area is 198 Å². The Hall–Kier alpha value is -3.56. The van der Waals surface area contributed by atoms with Gasteiger partial charge in [0.1, 0.15) is 11.8 Å². The highest BCUT2D eigenvalue weighted by Crippen LogP contribution is 2.31. The molecule has 34 heavy (non-hydrogen) atoms. The summed E-state index contributed by atoms with van der Waals surface area (Å²) < 4.78 is 33.8. The minimum Gasteiger partial charge on any atom is -0.494 e. The maximum absolute atomic E-state index is 13.7. The summed E-state index contributed by atoms with van der Waals surface area (Å²) in [6.07, 6.45) is 2.88. The van der Waals surface area contributed by atoms with Gasteiger partial charge in [-0.05, 0) is 61.9 Å². The molecule has 9 heteroatoms. The molecule has 1 fully saturated rings. The number of anilines is 1. The molecule has 4 rings (SSSR count). The molecule has 1 unspecified atom stereocenters. The number of carbonyl (C=O) groups is 2. The number of imide groups is 1. The van der Waals surface area contributed by atoms with Crippen LogP contribution < -0.4 is 9.64 Å². The molecule has 0 spiro atoms. The maximum atomic E-state index is 13.7. The van der Waals surface area contributed by atoms with E-state index in [4.69, 9.17) is 4.74 Å². The van der Waals surface area contributed by atoms with Gasteiger partial charge in [-0.3, -0.25) is 14.6 Å². The monoisotopic (exact) mass is 479 g/mol. The van der Waals surface area contributed by atoms with Gasteiger partial charge in [-0.1, -0.05) is 23.8 Å². The SMILES string of the molecule is CCOc1ccc(N2C(=O)CC(N(Cc3cccnc3)S(=O)(=O)c3ccc(C)cc3)C2=O)cc1. The normalized spacial score (nSPS) is 16.3. The van der Waals surface area contributed by atoms with Crippen molar-refractivity contribution in [3.8, 4) is 5.75 Å². The molecule has 1 aliphatic heterocycles. The first kappa shape index (κ1) is 23.6. The molecular formula is C25H25N3O5S. The highest BCUT2D eigenvalue weighted by molar-refractivity contribution is 7.89. The van der Waals surface area contributed by atoms with Crippen molar-refractivity contribution in [3.05, 3.63) is 84.2 Å². The van der Waals surface area contributed by atoms with Crippen LogP contribution in [0.4, 0.5) is 5.69 Å². The van der Waals surface area contributed by atoms with Crippen molar-refractivity contribution >= 4 is 27.5 Å². The van der Waals surface area contributed by atoms with E-state index >= 15 is 0 Å². The van der Waals surface area contributed by atoms with Crippen LogP contribution in [0, 0.1) is 6.92 Å². The van der Waals surface area contributed by atoms with Crippen LogP contribution in [0.15, 0.2) is 78.0 Å². The van der Waals surface area contributed by atoms with Crippen molar-refractivity contribution in [2.24, 2.45) is 0 Å². The first-order chi connectivity index (χ1) is 16.3. The number of hydrogen-bond donors (Lipinski definition) is 0. The zero-order chi connectivity index (χ0) is 24.3. The van der Waals surface area contributed by atoms with E-state index in [1.165, 1.54) is 12.1 Å². The molecule has 1 atom stereocenters. The average molecular weight is 480 g/mol. The van der Waals surface area contributed by atoms with Crippen molar-refractivity contribution in [2.45, 2.75) is 37.8 Å². The molecule has 0 bridgehead atoms. The maximum Gasteiger partial charge on any atom is 0.252 e. The first-order valence-corrected chi connectivity index (χ1v) is 12.3. The van der Waals surface area contributed by atoms with Gasteiger partial charge in [0.2, 0.25) is 15.9 Å². The molecule has 2 heterocycles. The smallest absolute Gasteiger partial charge is 0.252 e. The van der Waals surface area contributed by atoms with Crippen LogP contribution in [-0.2, 0) is 26.2 Å². The number of hydrogen-bond acceptors (Lipinski definition) is 6. The Morgan fingerprint density at radius 2 is 1.76 bits per heavy atom. The highest BCUT2D eigenvalue weighted by Gasteiger charge is 2.47. The number of amides is 2. The van der Waals surface area contributed by atoms with Crippen LogP contribution in [-0.4, -0.2) is 42.2 Å². The zero-order valence-corrected chi connectivity index (χ0v) is 19.7. The van der Waals surface area contributed by atoms with Crippen molar-refractivity contribution < 1.29 is 22.7 Å². The van der Waals surface area contributed by atoms with Crippen LogP contribution in [0.5, 0.6) is 5.75 Å². The molecule has 1 aliphatic rings. The van der Waals surface area contributed by atoms with E-state index in [9.17, 15) is 18.0 Å². The van der Waals surface area contributed by atoms with Crippen LogP contribution >= 0.6 is 0 Å². The summed E-state index contributed by atoms with van der Waals surface area (Å²) in [5.41, 5.74) is 1.89. The number of nitrogens with zero attached hydrogens (tertiary/aromatic N) is 3. The second-order valence-corrected chi connectivity index (χ2v) is 9.83. The minimum absolute atomic E-state index is 0.0572. The predicted octanol–water partition coefficient (Wildman–Crippen LogP) is 3.31. The fourth-order valence-electron chi connectivity index (χ4n) is 3.85. The molecule has 2 amide bonds. The third kappa shape index (κ3) is 4.71. The predicted molar refractivity (Wildman–Crippen MR) is 127 cm³/mol. The number of aryl methyl sites for hydroxylation is 1. The van der Waals surface area contributed by atoms with Gasteiger partial charge in [-0.15, -0.1) is 0 Å². The molecule has 1 saturated heterocycles. The lowest BCUT2D eigenvalue weighted by molar-refractivity contribution is -0.122. The lowest BCUT2D eigenvalue weighted by atomic mass is 10.2. The third-order valence-electron chi connectivity index (χ3n) is 5.57. The molecule has 0 saturated carbocycles. The Bertz CT molecular complexity index is 1280. The average Bonchev–Trinajstić information content (AvgIpc) is 3.12. The summed E-state index contributed by atoms with van der Waals surface area (Å²) in [4.78, 5) is 31.5. The van der Waals surface area contributed by atoms with Gasteiger partial charge in [-0.2, -0.15) is 4.31 Å². The largest absolute Gasteiger partial charge is 0.494 e. The van der Waals surface area contributed by atoms with E-state index < -0.39 is 27.9 Å². The molecule has 176 valence electrons. The fourth-order valence-corrected chi connectivity index (χ4v) is 5.42. The Balaban J connectivity index is 1.70. The van der Waals surface area contributed by atoms with E-state index in [1.54, 1.807) is 60.9 Å². The lowest BCUT2D eigenvalue weighted by Gasteiger charge is -2.27. The van der Waals surface area contributed by atoms with Gasteiger partial charge in [0.05, 0.1) is 23.6 Å². The Morgan fingerprint density at radius 3 is 2.38 bits per heavy atom. The van der Waals surface area contributed by atoms with E-state index in [1.807, 2.05) is 13.8 Å². The van der Waals surface area contributed by atoms with E-state index in [0.717, 1.165) is 14.8 Å². The van der Waals surface area contributed by atoms with Gasteiger partial charge < -0.3 is 4.74 Å². The van der Waals surface area contributed by atoms with Gasteiger partial charge >= 0.3 is 0 Å². The van der Waals surface area contributed by atoms with Crippen LogP contribution in [0.2, 0.25) is 0 Å². The number of aromatic nitrogens is 1. The molecular weight excluding hydrogens is 454 g/mol. The van der Waals surface area contributed by atoms with Crippen molar-refractivity contribution in [2.75, 3.05) is 11.5 Å². The molecule has 2 aromatic carbocycles. The summed E-state index contributed by atoms with van der Waals surface area (Å²) >= 11 is 0. The quantitative estimate of drug-likeness (QED) is 0.460. The summed E-state index contributed by atoms with van der Waals surface area (Å²) in [7, 11) is -4.09. The molecule has 8 nitrogen and oxygen atoms in total. The van der Waals surface area contributed by atoms with Gasteiger partial charge in [-0.25, -0.2) is 13.3 Å². The Morgan fingerprint density at radius 1 is 1.06 bits per heavy atom. The van der Waals surface area contributed by atoms with E-state index in [-0.39, 0.29) is 17.9 Å². The number of benzene rings is 2. The molecule has 3 aromatic rings. The lowest BCUT2D eigenvalue weighted by Crippen LogP contribution is -2.45. The second-order valence-electron chi connectivity index (χ2n) is 7.94. The van der Waals surface area contributed by atoms with Crippen LogP contribution in [0.25, 0.3) is 0 Å². The molecule has 0 aliphatic carbocycles. The van der Waals surface area contributed by atoms with Crippen molar-refractivity contribution in [3.63, 3.8) is 0 Å². The van der Waals surface area contributed by atoms with E-state index in [2.05, 4.69) is 4.98 Å². The molecule has 0 N–H and O–H groups in total. The Kier molecular flexibility index (Phi) is 6.76. The number of rotatable bonds is 8. The van der Waals surface area contributed by atoms with Gasteiger partial charge in [0, 0.05) is 18.9 Å². The topological polar surface area (TPSA) is 96.9 Å². The fraction of sp³-hybridized carbons (Fsp3) is 0.240. The standard InChI is InChI=1S/C25H25N3O5S/c1-3-33-21-10-8-20(9-11-21)28-24(29)15-23(25(28)30)27(17-19-5-4-14-26-16-19)34(31,32)22-12-6-18(2)7-13-22/h4-14,16,23H,3,15,17H2,1-2H3. The van der Waals surface area contributed by atoms with Crippen LogP contribution in [0.1, 0.15) is 24.5 Å². The summed E-state index contributed by atoms with van der Waals surface area (Å²) in [6.45, 7) is 4.11. The second kappa shape index (κ2) is 9.74. The zero-order valence-electron chi connectivity index (χ0n) is 18.9. The number of pyridine rings is 1.